The molecule has 31 nitrogen and oxygen atoms in total. The molecule has 9 aromatic heterocycles. The van der Waals surface area contributed by atoms with Gasteiger partial charge in [-0.2, -0.15) is 9.97 Å². The number of nitrogens with one attached hydrogen (secondary N) is 3. The maximum Gasteiger partial charge on any atom is 0.410 e. The van der Waals surface area contributed by atoms with Crippen LogP contribution in [0.15, 0.2) is 173 Å². The number of carbonyl (C=O) groups excluding carboxylic acids is 2. The van der Waals surface area contributed by atoms with Gasteiger partial charge in [-0.05, 0) is 228 Å². The van der Waals surface area contributed by atoms with Gasteiger partial charge in [-0.15, -0.1) is 13.2 Å². The smallest absolute Gasteiger partial charge is 0.410 e. The van der Waals surface area contributed by atoms with E-state index in [-0.39, 0.29) is 42.0 Å². The van der Waals surface area contributed by atoms with E-state index < -0.39 is 28.0 Å². The monoisotopic (exact) mass is 1610 g/mol. The zero-order chi connectivity index (χ0) is 84.2. The van der Waals surface area contributed by atoms with Crippen molar-refractivity contribution in [3.63, 3.8) is 0 Å². The molecule has 32 heteroatoms. The fourth-order valence-electron chi connectivity index (χ4n) is 13.5. The number of nitrogens with two attached hydrogens (primary N) is 1. The van der Waals surface area contributed by atoms with Gasteiger partial charge < -0.3 is 56.3 Å². The van der Waals surface area contributed by atoms with E-state index >= 15 is 0 Å². The summed E-state index contributed by atoms with van der Waals surface area (Å²) in [5, 5.41) is 42.8. The summed E-state index contributed by atoms with van der Waals surface area (Å²) in [7, 11) is 0. The Morgan fingerprint density at radius 1 is 0.513 bits per heavy atom. The maximum absolute atomic E-state index is 13.3. The number of ether oxygens (including phenoxy) is 2. The predicted molar refractivity (Wildman–Crippen MR) is 453 cm³/mol. The zero-order valence-electron chi connectivity index (χ0n) is 68.5. The predicted octanol–water partition coefficient (Wildman–Crippen LogP) is 11.7. The van der Waals surface area contributed by atoms with Crippen LogP contribution in [0.25, 0.3) is 50.6 Å². The molecule has 3 aromatic carbocycles. The first-order chi connectivity index (χ1) is 55.4. The van der Waals surface area contributed by atoms with Crippen molar-refractivity contribution >= 4 is 86.0 Å². The van der Waals surface area contributed by atoms with E-state index in [1.807, 2.05) is 103 Å². The molecule has 0 atom stereocenters. The number of nitrogens with zero attached hydrogens (tertiary/aromatic N) is 17. The second-order valence-corrected chi connectivity index (χ2v) is 32.8. The van der Waals surface area contributed by atoms with Gasteiger partial charge in [0.1, 0.15) is 44.2 Å². The van der Waals surface area contributed by atoms with Crippen molar-refractivity contribution in [2.45, 2.75) is 182 Å². The summed E-state index contributed by atoms with van der Waals surface area (Å²) in [6.07, 6.45) is 11.7. The minimum Gasteiger partial charge on any atom is -0.444 e. The molecule has 3 aliphatic heterocycles. The van der Waals surface area contributed by atoms with E-state index in [9.17, 15) is 39.3 Å². The van der Waals surface area contributed by atoms with Crippen molar-refractivity contribution in [1.29, 1.82) is 0 Å². The van der Waals surface area contributed by atoms with Gasteiger partial charge in [0.25, 0.3) is 16.7 Å². The Morgan fingerprint density at radius 2 is 0.906 bits per heavy atom. The number of hydrogen-bond acceptors (Lipinski definition) is 24. The van der Waals surface area contributed by atoms with Crippen LogP contribution in [-0.2, 0) is 84.8 Å². The number of allylic oxidation sites excluding steroid dienone is 2. The first kappa shape index (κ1) is 84.2. The number of amides is 2. The molecule has 2 amide bonds. The highest BCUT2D eigenvalue weighted by Crippen LogP contribution is 2.31. The summed E-state index contributed by atoms with van der Waals surface area (Å²) in [5.74, 6) is 2.14. The lowest BCUT2D eigenvalue weighted by Gasteiger charge is -2.31. The Bertz CT molecular complexity index is 5930. The number of hydrogen-bond donors (Lipinski definition) is 7. The van der Waals surface area contributed by atoms with E-state index in [4.69, 9.17) is 20.2 Å². The molecular weight excluding hydrogens is 1510 g/mol. The van der Waals surface area contributed by atoms with E-state index in [1.54, 1.807) is 137 Å². The van der Waals surface area contributed by atoms with Crippen molar-refractivity contribution in [1.82, 2.24) is 88.1 Å². The van der Waals surface area contributed by atoms with Gasteiger partial charge in [0.2, 0.25) is 11.9 Å². The van der Waals surface area contributed by atoms with Gasteiger partial charge >= 0.3 is 12.2 Å². The number of fused-ring (bicyclic) bond motifs is 6. The number of benzene rings is 3. The van der Waals surface area contributed by atoms with Crippen molar-refractivity contribution in [3.8, 4) is 17.5 Å². The molecule has 0 fully saturated rings. The summed E-state index contributed by atoms with van der Waals surface area (Å²) in [6.45, 7) is 35.8. The maximum atomic E-state index is 13.3. The van der Waals surface area contributed by atoms with Crippen molar-refractivity contribution in [3.05, 3.63) is 235 Å². The molecule has 0 saturated heterocycles. The fourth-order valence-corrected chi connectivity index (χ4v) is 13.8. The van der Waals surface area contributed by atoms with Crippen LogP contribution >= 0.6 is 11.8 Å². The van der Waals surface area contributed by atoms with Gasteiger partial charge in [0.05, 0.1) is 30.2 Å². The average Bonchev–Trinajstić information content (AvgIpc) is 1.62. The molecule has 0 saturated carbocycles. The third-order valence-corrected chi connectivity index (χ3v) is 19.8. The number of anilines is 5. The molecule has 12 aromatic rings. The SMILES string of the molecule is C=CCn1c(=O)c2cnc(Nc3ccc4c(c3)CCN(C(=O)OC(C)(C)C)C4)nc2n1-c1cccc(C(C)(C)O)n1.C=CCn1c(=O)c2cnc(Nc3ccc4c(c3)CCNC4)nc2n1-c1cccc(C(C)(C)O)n1.CC(C)(C)OC(=O)N1CCc2cc(N)ccc2C1.CCn1c(=O)c2cnc(SC)nc2n1-c1cccc(C(C)(C)O)n1. The number of pyridine rings is 3. The van der Waals surface area contributed by atoms with Gasteiger partial charge in [0.15, 0.2) is 39.6 Å². The number of carbonyl (C=O) groups is 2. The molecule has 3 aliphatic rings. The topological polar surface area (TPSA) is 379 Å². The highest BCUT2D eigenvalue weighted by Gasteiger charge is 2.31. The lowest BCUT2D eigenvalue weighted by molar-refractivity contribution is 0.0214. The van der Waals surface area contributed by atoms with Gasteiger partial charge in [0, 0.05) is 74.9 Å². The fraction of sp³-hybridized carbons (Fsp3) is 0.365. The third-order valence-electron chi connectivity index (χ3n) is 19.2. The molecule has 0 radical (unpaired) electrons. The molecule has 612 valence electrons. The number of nitrogen functional groups attached to an aromatic ring is 1. The second-order valence-electron chi connectivity index (χ2n) is 32.1. The van der Waals surface area contributed by atoms with Crippen LogP contribution in [0.4, 0.5) is 38.5 Å². The Morgan fingerprint density at radius 3 is 1.32 bits per heavy atom. The minimum atomic E-state index is -1.17. The Kier molecular flexibility index (Phi) is 24.7. The quantitative estimate of drug-likeness (QED) is 0.0204. The van der Waals surface area contributed by atoms with E-state index in [0.29, 0.717) is 124 Å². The number of aromatic nitrogens is 15. The van der Waals surface area contributed by atoms with Crippen molar-refractivity contribution < 1.29 is 34.4 Å². The van der Waals surface area contributed by atoms with Gasteiger partial charge in [-0.1, -0.05) is 60.3 Å². The average molecular weight is 1610 g/mol. The van der Waals surface area contributed by atoms with Crippen LogP contribution in [0, 0.1) is 0 Å². The molecular formula is C85H101N21O10S. The van der Waals surface area contributed by atoms with E-state index in [0.717, 1.165) is 59.7 Å². The lowest BCUT2D eigenvalue weighted by Crippen LogP contribution is -2.39. The zero-order valence-corrected chi connectivity index (χ0v) is 69.3. The number of aliphatic hydroxyl groups is 3. The van der Waals surface area contributed by atoms with Crippen molar-refractivity contribution in [2.75, 3.05) is 42.3 Å². The third kappa shape index (κ3) is 19.5. The lowest BCUT2D eigenvalue weighted by atomic mass is 9.99. The van der Waals surface area contributed by atoms with Crippen LogP contribution in [0.5, 0.6) is 0 Å². The highest BCUT2D eigenvalue weighted by molar-refractivity contribution is 7.98. The highest BCUT2D eigenvalue weighted by atomic mass is 32.2. The summed E-state index contributed by atoms with van der Waals surface area (Å²) in [6, 6.07) is 33.9. The van der Waals surface area contributed by atoms with Gasteiger partial charge in [-0.3, -0.25) is 14.4 Å². The minimum absolute atomic E-state index is 0.157. The standard InChI is InChI=1S/C30H35N7O4.C25H27N7O2.C16H19N5O2S.C14H20N2O2/c1-7-14-36-26(38)22-17-31-27(34-25(22)37(36)24-10-8-9-23(33-24)30(5,6)40)32-21-12-11-20-18-35(15-13-19(20)16-21)28(39)41-29(2,3)4;1-4-12-31-23(33)19-15-27-24(28-18-9-8-17-14-26-11-10-16(17)13-18)30-22(19)32(31)21-7-5-6-20(29-21)25(2,3)34;1-5-20-14(22)10-9-17-15(24-4)19-13(10)21(20)12-8-6-7-11(18-12)16(2,3)23;1-14(2,3)18-13(17)16-7-6-10-8-12(15)5-4-11(10)9-16/h7-12,16-17,40H,1,13-15,18H2,2-6H3,(H,31,32,34);4-9,13,15,26,34H,1,10-12,14H2,2-3H3,(H,27,28,30);6-9,23H,5H2,1-4H3;4-5,8H,6-7,9,15H2,1-3H3. The molecule has 117 heavy (non-hydrogen) atoms. The normalized spacial score (nSPS) is 13.5. The van der Waals surface area contributed by atoms with E-state index in [2.05, 4.69) is 81.1 Å². The Hall–Kier alpha value is -12.2. The van der Waals surface area contributed by atoms with Gasteiger partial charge in [-0.25, -0.2) is 72.6 Å². The van der Waals surface area contributed by atoms with Crippen LogP contribution < -0.4 is 38.4 Å². The molecule has 12 heterocycles. The first-order valence-corrected chi connectivity index (χ1v) is 39.8. The molecule has 15 rings (SSSR count). The largest absolute Gasteiger partial charge is 0.444 e. The van der Waals surface area contributed by atoms with E-state index in [1.165, 1.54) is 50.2 Å². The molecule has 0 aliphatic carbocycles. The summed E-state index contributed by atoms with van der Waals surface area (Å²) >= 11 is 1.41. The van der Waals surface area contributed by atoms with Crippen LogP contribution in [0.1, 0.15) is 140 Å². The number of thioether (sulfide) groups is 1. The first-order valence-electron chi connectivity index (χ1n) is 38.5. The van der Waals surface area contributed by atoms with Crippen molar-refractivity contribution in [2.24, 2.45) is 0 Å². The summed E-state index contributed by atoms with van der Waals surface area (Å²) in [4.78, 5) is 108. The second kappa shape index (κ2) is 34.3. The molecule has 8 N–H and O–H groups in total. The number of rotatable bonds is 16. The Labute approximate surface area is 681 Å². The summed E-state index contributed by atoms with van der Waals surface area (Å²) < 4.78 is 20.4. The molecule has 0 unspecified atom stereocenters. The Balaban J connectivity index is 0.000000150. The molecule has 0 bridgehead atoms. The summed E-state index contributed by atoms with van der Waals surface area (Å²) in [5.41, 5.74) is 13.1. The van der Waals surface area contributed by atoms with Crippen LogP contribution in [-0.4, -0.2) is 147 Å². The van der Waals surface area contributed by atoms with Crippen LogP contribution in [0.3, 0.4) is 0 Å². The van der Waals surface area contributed by atoms with Crippen LogP contribution in [0.2, 0.25) is 0 Å². The molecule has 0 spiro atoms.